The first-order valence-electron chi connectivity index (χ1n) is 19.0. The maximum absolute atomic E-state index is 14.7. The number of ketones is 1. The number of amides is 2. The zero-order valence-corrected chi connectivity index (χ0v) is 32.8. The van der Waals surface area contributed by atoms with E-state index in [1.165, 1.54) is 11.8 Å². The lowest BCUT2D eigenvalue weighted by Gasteiger charge is -2.31. The number of para-hydroxylation sites is 1. The summed E-state index contributed by atoms with van der Waals surface area (Å²) in [6, 6.07) is 24.2. The molecule has 3 heterocycles. The lowest BCUT2D eigenvalue weighted by Crippen LogP contribution is -2.51. The number of pyridine rings is 1. The molecular formula is C43H50ClN7O3S. The van der Waals surface area contributed by atoms with Crippen LogP contribution in [0.1, 0.15) is 55.2 Å². The molecule has 0 fully saturated rings. The van der Waals surface area contributed by atoms with E-state index >= 15 is 0 Å². The second kappa shape index (κ2) is 19.4. The fourth-order valence-corrected chi connectivity index (χ4v) is 8.68. The fraction of sp³-hybridized carbons (Fsp3) is 0.349. The van der Waals surface area contributed by atoms with E-state index in [2.05, 4.69) is 15.6 Å². The number of hydrogen-bond acceptors (Lipinski definition) is 8. The highest BCUT2D eigenvalue weighted by Gasteiger charge is 2.34. The van der Waals surface area contributed by atoms with Gasteiger partial charge >= 0.3 is 0 Å². The van der Waals surface area contributed by atoms with Gasteiger partial charge in [-0.3, -0.25) is 14.4 Å². The summed E-state index contributed by atoms with van der Waals surface area (Å²) in [6.07, 6.45) is 7.00. The number of aromatic nitrogens is 2. The molecule has 0 radical (unpaired) electrons. The average molecular weight is 780 g/mol. The number of unbranched alkanes of at least 4 members (excludes halogenated alkanes) is 1. The number of rotatable bonds is 10. The monoisotopic (exact) mass is 779 g/mol. The predicted octanol–water partition coefficient (Wildman–Crippen LogP) is 6.64. The zero-order chi connectivity index (χ0) is 38.7. The number of H-pyrrole nitrogens is 1. The van der Waals surface area contributed by atoms with E-state index in [0.717, 1.165) is 55.1 Å². The molecule has 7 N–H and O–H groups in total. The van der Waals surface area contributed by atoms with Gasteiger partial charge in [-0.2, -0.15) is 0 Å². The third kappa shape index (κ3) is 9.84. The van der Waals surface area contributed by atoms with E-state index in [1.807, 2.05) is 85.1 Å². The molecule has 3 atom stereocenters. The Balaban J connectivity index is 1.46. The maximum atomic E-state index is 14.7. The van der Waals surface area contributed by atoms with Crippen molar-refractivity contribution >= 4 is 51.9 Å². The van der Waals surface area contributed by atoms with Gasteiger partial charge in [-0.1, -0.05) is 90.4 Å². The molecule has 0 bridgehead atoms. The first kappa shape index (κ1) is 40.2. The van der Waals surface area contributed by atoms with Gasteiger partial charge in [0.1, 0.15) is 11.1 Å². The van der Waals surface area contributed by atoms with Crippen molar-refractivity contribution < 1.29 is 14.4 Å². The Morgan fingerprint density at radius 2 is 1.67 bits per heavy atom. The van der Waals surface area contributed by atoms with Crippen molar-refractivity contribution in [3.05, 3.63) is 113 Å². The second-order valence-electron chi connectivity index (χ2n) is 14.1. The van der Waals surface area contributed by atoms with E-state index in [1.54, 1.807) is 18.1 Å². The van der Waals surface area contributed by atoms with Crippen LogP contribution in [-0.4, -0.2) is 64.7 Å². The summed E-state index contributed by atoms with van der Waals surface area (Å²) < 4.78 is 0. The Kier molecular flexibility index (Phi) is 14.1. The molecule has 0 saturated carbocycles. The van der Waals surface area contributed by atoms with Gasteiger partial charge in [0.15, 0.2) is 5.78 Å². The van der Waals surface area contributed by atoms with Gasteiger partial charge in [0, 0.05) is 67.1 Å². The predicted molar refractivity (Wildman–Crippen MR) is 221 cm³/mol. The van der Waals surface area contributed by atoms with Crippen LogP contribution in [0, 0.1) is 5.92 Å². The Hall–Kier alpha value is -4.52. The zero-order valence-electron chi connectivity index (χ0n) is 31.2. The van der Waals surface area contributed by atoms with Crippen LogP contribution in [0.15, 0.2) is 101 Å². The molecule has 0 spiro atoms. The van der Waals surface area contributed by atoms with Crippen LogP contribution in [-0.2, 0) is 33.9 Å². The molecule has 6 rings (SSSR count). The van der Waals surface area contributed by atoms with Crippen LogP contribution in [0.2, 0.25) is 5.02 Å². The van der Waals surface area contributed by atoms with E-state index in [-0.39, 0.29) is 37.0 Å². The number of nitrogens with one attached hydrogen (secondary N) is 3. The Morgan fingerprint density at radius 3 is 2.47 bits per heavy atom. The van der Waals surface area contributed by atoms with E-state index < -0.39 is 18.0 Å². The number of nitrogens with two attached hydrogens (primary N) is 2. The number of likely N-dealkylation sites (N-methyl/N-ethyl adjacent to an activating group) is 1. The number of Topliss-reactive ketones (excluding diaryl/α,β-unsaturated/α-hetero) is 1. The highest BCUT2D eigenvalue weighted by Crippen LogP contribution is 2.41. The lowest BCUT2D eigenvalue weighted by atomic mass is 9.90. The minimum absolute atomic E-state index is 0.0353. The molecule has 0 saturated heterocycles. The summed E-state index contributed by atoms with van der Waals surface area (Å²) in [5, 5.41) is 8.96. The molecule has 0 aliphatic carbocycles. The van der Waals surface area contributed by atoms with Crippen LogP contribution in [0.4, 0.5) is 0 Å². The summed E-state index contributed by atoms with van der Waals surface area (Å²) >= 11 is 8.45. The molecular weight excluding hydrogens is 730 g/mol. The normalized spacial score (nSPS) is 18.8. The summed E-state index contributed by atoms with van der Waals surface area (Å²) in [7, 11) is 1.68. The molecule has 12 heteroatoms. The van der Waals surface area contributed by atoms with Crippen molar-refractivity contribution in [1.82, 2.24) is 25.5 Å². The minimum atomic E-state index is -0.876. The number of carbonyl (C=O) groups is 3. The summed E-state index contributed by atoms with van der Waals surface area (Å²) in [4.78, 5) is 53.9. The van der Waals surface area contributed by atoms with Crippen molar-refractivity contribution in [1.29, 1.82) is 0 Å². The van der Waals surface area contributed by atoms with Crippen molar-refractivity contribution in [3.63, 3.8) is 0 Å². The van der Waals surface area contributed by atoms with E-state index in [0.29, 0.717) is 50.3 Å². The average Bonchev–Trinajstić information content (AvgIpc) is 3.62. The highest BCUT2D eigenvalue weighted by molar-refractivity contribution is 7.99. The standard InChI is InChI=1S/C43H50ClN7O3S/c1-51-38(23-31-26-48-36-16-6-5-15-33(31)36)41(53)50-27-34-32(28-11-3-2-4-12-28)18-19-35(44)40(34)55-42-30(14-10-22-47-42)25-49-37(17-9-21-46)39(52)24-29(43(51)54)13-7-8-20-45/h2-6,10-12,14-16,18-19,22,26,29,37-38,48-49H,7-9,13,17,20-21,23-25,27,45-46H2,1H3,(H,50,53)/t29-,37+,38+/m1/s1. The van der Waals surface area contributed by atoms with Crippen molar-refractivity contribution in [2.75, 3.05) is 20.1 Å². The number of hydrogen-bond donors (Lipinski definition) is 5. The third-order valence-corrected chi connectivity index (χ3v) is 12.1. The molecule has 5 aromatic rings. The van der Waals surface area contributed by atoms with Crippen LogP contribution in [0.5, 0.6) is 0 Å². The summed E-state index contributed by atoms with van der Waals surface area (Å²) in [5.41, 5.74) is 17.3. The first-order valence-corrected chi connectivity index (χ1v) is 20.2. The number of halogens is 1. The number of carbonyl (C=O) groups excluding carboxylic acids is 3. The first-order chi connectivity index (χ1) is 26.8. The molecule has 1 aliphatic rings. The molecule has 2 amide bonds. The van der Waals surface area contributed by atoms with Gasteiger partial charge in [0.25, 0.3) is 0 Å². The second-order valence-corrected chi connectivity index (χ2v) is 15.5. The quantitative estimate of drug-likeness (QED) is 0.0988. The molecule has 2 aromatic heterocycles. The third-order valence-electron chi connectivity index (χ3n) is 10.4. The van der Waals surface area contributed by atoms with Crippen LogP contribution < -0.4 is 22.1 Å². The molecule has 3 aromatic carbocycles. The van der Waals surface area contributed by atoms with Crippen molar-refractivity contribution in [3.8, 4) is 11.1 Å². The largest absolute Gasteiger partial charge is 0.361 e. The smallest absolute Gasteiger partial charge is 0.243 e. The highest BCUT2D eigenvalue weighted by atomic mass is 35.5. The number of fused-ring (bicyclic) bond motifs is 3. The van der Waals surface area contributed by atoms with E-state index in [4.69, 9.17) is 28.1 Å². The Labute approximate surface area is 332 Å². The fourth-order valence-electron chi connectivity index (χ4n) is 7.33. The van der Waals surface area contributed by atoms with Gasteiger partial charge in [0.05, 0.1) is 11.1 Å². The van der Waals surface area contributed by atoms with E-state index in [9.17, 15) is 14.4 Å². The van der Waals surface area contributed by atoms with Crippen molar-refractivity contribution in [2.24, 2.45) is 17.4 Å². The molecule has 288 valence electrons. The number of nitrogens with zero attached hydrogens (tertiary/aromatic N) is 2. The Bertz CT molecular complexity index is 2090. The van der Waals surface area contributed by atoms with Crippen LogP contribution >= 0.6 is 23.4 Å². The van der Waals surface area contributed by atoms with Gasteiger partial charge in [-0.15, -0.1) is 0 Å². The topological polar surface area (TPSA) is 159 Å². The summed E-state index contributed by atoms with van der Waals surface area (Å²) in [5.74, 6) is -1.25. The minimum Gasteiger partial charge on any atom is -0.361 e. The van der Waals surface area contributed by atoms with Gasteiger partial charge in [0.2, 0.25) is 11.8 Å². The van der Waals surface area contributed by atoms with Gasteiger partial charge < -0.3 is 32.0 Å². The SMILES string of the molecule is CN1C(=O)[C@H](CCCCN)CC(=O)[C@H](CCCN)NCc2cccnc2Sc2c(Cl)ccc(-c3ccccc3)c2CNC(=O)[C@@H]1Cc1c[nH]c2ccccc12. The number of aromatic amines is 1. The van der Waals surface area contributed by atoms with Gasteiger partial charge in [-0.25, -0.2) is 4.98 Å². The maximum Gasteiger partial charge on any atom is 0.243 e. The molecule has 0 unspecified atom stereocenters. The van der Waals surface area contributed by atoms with Crippen LogP contribution in [0.3, 0.4) is 0 Å². The molecule has 10 nitrogen and oxygen atoms in total. The molecule has 55 heavy (non-hydrogen) atoms. The van der Waals surface area contributed by atoms with Gasteiger partial charge in [-0.05, 0) is 84.8 Å². The van der Waals surface area contributed by atoms with Crippen LogP contribution in [0.25, 0.3) is 22.0 Å². The number of benzene rings is 3. The summed E-state index contributed by atoms with van der Waals surface area (Å²) in [6.45, 7) is 1.44. The lowest BCUT2D eigenvalue weighted by molar-refractivity contribution is -0.143. The Morgan fingerprint density at radius 1 is 0.891 bits per heavy atom. The molecule has 1 aliphatic heterocycles. The van der Waals surface area contributed by atoms with Crippen molar-refractivity contribution in [2.45, 2.75) is 80.0 Å².